The SMILES string of the molecule is CCCCCCCCCC(=O)OCCOCCOCCOCCOCCOCCOCCOCCOCCOCCOCCOCCCCCCCC. The molecule has 0 atom stereocenters. The van der Waals surface area contributed by atoms with Crippen molar-refractivity contribution in [3.05, 3.63) is 0 Å². The molecule has 53 heavy (non-hydrogen) atoms. The van der Waals surface area contributed by atoms with Gasteiger partial charge in [0.05, 0.1) is 139 Å². The topological polar surface area (TPSA) is 128 Å². The van der Waals surface area contributed by atoms with Crippen LogP contribution in [-0.2, 0) is 61.6 Å². The molecule has 0 amide bonds. The second-order valence-electron chi connectivity index (χ2n) is 12.6. The molecule has 0 rings (SSSR count). The third-order valence-electron chi connectivity index (χ3n) is 7.84. The Morgan fingerprint density at radius 1 is 0.264 bits per heavy atom. The fraction of sp³-hybridized carbons (Fsp3) is 0.975. The summed E-state index contributed by atoms with van der Waals surface area (Å²) in [5.74, 6) is -0.139. The van der Waals surface area contributed by atoms with Crippen molar-refractivity contribution in [3.63, 3.8) is 0 Å². The van der Waals surface area contributed by atoms with Gasteiger partial charge in [0.15, 0.2) is 0 Å². The normalized spacial score (nSPS) is 11.5. The Hall–Kier alpha value is -0.970. The van der Waals surface area contributed by atoms with Crippen LogP contribution in [0.3, 0.4) is 0 Å². The van der Waals surface area contributed by atoms with Crippen LogP contribution in [0.4, 0.5) is 0 Å². The van der Waals surface area contributed by atoms with Gasteiger partial charge in [0.1, 0.15) is 6.61 Å². The number of unbranched alkanes of at least 4 members (excludes halogenated alkanes) is 11. The van der Waals surface area contributed by atoms with E-state index in [1.165, 1.54) is 64.2 Å². The van der Waals surface area contributed by atoms with Gasteiger partial charge in [-0.1, -0.05) is 84.5 Å². The molecule has 0 bridgehead atoms. The Kier molecular flexibility index (Phi) is 48.2. The smallest absolute Gasteiger partial charge is 0.305 e. The number of hydrogen-bond donors (Lipinski definition) is 0. The zero-order valence-corrected chi connectivity index (χ0v) is 34.0. The molecule has 0 aliphatic heterocycles. The van der Waals surface area contributed by atoms with E-state index in [4.69, 9.17) is 56.8 Å². The molecular formula is C40H80O13. The van der Waals surface area contributed by atoms with E-state index in [0.29, 0.717) is 145 Å². The third-order valence-corrected chi connectivity index (χ3v) is 7.84. The first-order valence-corrected chi connectivity index (χ1v) is 20.8. The van der Waals surface area contributed by atoms with Gasteiger partial charge >= 0.3 is 5.97 Å². The zero-order valence-electron chi connectivity index (χ0n) is 34.0. The molecule has 0 aromatic rings. The van der Waals surface area contributed by atoms with Gasteiger partial charge in [-0.25, -0.2) is 0 Å². The second-order valence-corrected chi connectivity index (χ2v) is 12.6. The van der Waals surface area contributed by atoms with Crippen molar-refractivity contribution < 1.29 is 61.6 Å². The molecule has 0 aromatic carbocycles. The van der Waals surface area contributed by atoms with Crippen LogP contribution in [0.15, 0.2) is 0 Å². The molecule has 0 heterocycles. The van der Waals surface area contributed by atoms with Gasteiger partial charge in [0, 0.05) is 13.0 Å². The molecule has 0 fully saturated rings. The second kappa shape index (κ2) is 49.0. The van der Waals surface area contributed by atoms with Gasteiger partial charge in [-0.3, -0.25) is 4.79 Å². The summed E-state index contributed by atoms with van der Waals surface area (Å²) in [6.07, 6.45) is 16.5. The number of rotatable bonds is 48. The van der Waals surface area contributed by atoms with Gasteiger partial charge < -0.3 is 56.8 Å². The molecule has 0 spiro atoms. The maximum atomic E-state index is 11.7. The molecule has 13 nitrogen and oxygen atoms in total. The number of ether oxygens (including phenoxy) is 12. The van der Waals surface area contributed by atoms with Crippen molar-refractivity contribution >= 4 is 5.97 Å². The van der Waals surface area contributed by atoms with E-state index in [9.17, 15) is 4.79 Å². The van der Waals surface area contributed by atoms with Crippen LogP contribution in [-0.4, -0.2) is 158 Å². The van der Waals surface area contributed by atoms with Crippen molar-refractivity contribution in [3.8, 4) is 0 Å². The van der Waals surface area contributed by atoms with E-state index in [-0.39, 0.29) is 12.6 Å². The predicted octanol–water partition coefficient (Wildman–Crippen LogP) is 6.21. The summed E-state index contributed by atoms with van der Waals surface area (Å²) >= 11 is 0. The van der Waals surface area contributed by atoms with E-state index >= 15 is 0 Å². The highest BCUT2D eigenvalue weighted by Gasteiger charge is 2.03. The lowest BCUT2D eigenvalue weighted by Gasteiger charge is -2.09. The van der Waals surface area contributed by atoms with Crippen LogP contribution < -0.4 is 0 Å². The van der Waals surface area contributed by atoms with Crippen molar-refractivity contribution in [1.29, 1.82) is 0 Å². The molecule has 0 unspecified atom stereocenters. The van der Waals surface area contributed by atoms with Crippen molar-refractivity contribution in [2.75, 3.05) is 152 Å². The summed E-state index contributed by atoms with van der Waals surface area (Å²) in [7, 11) is 0. The number of esters is 1. The highest BCUT2D eigenvalue weighted by Crippen LogP contribution is 2.09. The summed E-state index contributed by atoms with van der Waals surface area (Å²) in [5, 5.41) is 0. The number of hydrogen-bond acceptors (Lipinski definition) is 13. The Labute approximate surface area is 322 Å². The van der Waals surface area contributed by atoms with Crippen LogP contribution in [0, 0.1) is 0 Å². The summed E-state index contributed by atoms with van der Waals surface area (Å²) in [4.78, 5) is 11.7. The lowest BCUT2D eigenvalue weighted by atomic mass is 10.1. The van der Waals surface area contributed by atoms with E-state index in [1.54, 1.807) is 0 Å². The quantitative estimate of drug-likeness (QED) is 0.0515. The first kappa shape index (κ1) is 52.0. The largest absolute Gasteiger partial charge is 0.463 e. The Balaban J connectivity index is 3.09. The molecule has 0 aliphatic carbocycles. The van der Waals surface area contributed by atoms with Crippen LogP contribution in [0.1, 0.15) is 104 Å². The Morgan fingerprint density at radius 3 is 0.792 bits per heavy atom. The molecule has 0 N–H and O–H groups in total. The Morgan fingerprint density at radius 2 is 0.491 bits per heavy atom. The first-order chi connectivity index (χ1) is 26.3. The van der Waals surface area contributed by atoms with Gasteiger partial charge in [-0.2, -0.15) is 0 Å². The molecule has 0 aromatic heterocycles. The van der Waals surface area contributed by atoms with Gasteiger partial charge in [0.25, 0.3) is 0 Å². The van der Waals surface area contributed by atoms with Crippen molar-refractivity contribution in [2.45, 2.75) is 104 Å². The monoisotopic (exact) mass is 769 g/mol. The van der Waals surface area contributed by atoms with E-state index in [0.717, 1.165) is 25.9 Å². The molecular weight excluding hydrogens is 688 g/mol. The lowest BCUT2D eigenvalue weighted by molar-refractivity contribution is -0.145. The maximum Gasteiger partial charge on any atom is 0.305 e. The summed E-state index contributed by atoms with van der Waals surface area (Å²) in [6.45, 7) is 16.4. The van der Waals surface area contributed by atoms with Crippen LogP contribution in [0.5, 0.6) is 0 Å². The molecule has 0 saturated carbocycles. The van der Waals surface area contributed by atoms with Gasteiger partial charge in [0.2, 0.25) is 0 Å². The summed E-state index contributed by atoms with van der Waals surface area (Å²) in [6, 6.07) is 0. The average molecular weight is 769 g/mol. The highest BCUT2D eigenvalue weighted by atomic mass is 16.6. The zero-order chi connectivity index (χ0) is 38.2. The Bertz CT molecular complexity index is 675. The predicted molar refractivity (Wildman–Crippen MR) is 206 cm³/mol. The van der Waals surface area contributed by atoms with Crippen molar-refractivity contribution in [2.24, 2.45) is 0 Å². The molecule has 318 valence electrons. The fourth-order valence-electron chi connectivity index (χ4n) is 4.80. The van der Waals surface area contributed by atoms with Crippen molar-refractivity contribution in [1.82, 2.24) is 0 Å². The van der Waals surface area contributed by atoms with E-state index < -0.39 is 0 Å². The van der Waals surface area contributed by atoms with Crippen LogP contribution in [0.2, 0.25) is 0 Å². The minimum Gasteiger partial charge on any atom is -0.463 e. The highest BCUT2D eigenvalue weighted by molar-refractivity contribution is 5.69. The van der Waals surface area contributed by atoms with Gasteiger partial charge in [-0.05, 0) is 12.8 Å². The number of carbonyl (C=O) groups excluding carboxylic acids is 1. The average Bonchev–Trinajstić information content (AvgIpc) is 3.16. The van der Waals surface area contributed by atoms with E-state index in [1.807, 2.05) is 0 Å². The van der Waals surface area contributed by atoms with Crippen LogP contribution >= 0.6 is 0 Å². The standard InChI is InChI=1S/C40H80O13/c1-3-5-7-9-11-12-14-16-40(41)53-39-38-52-37-36-51-35-34-50-33-32-49-31-30-48-29-28-47-27-26-46-25-24-45-23-22-44-21-20-43-19-18-42-17-15-13-10-8-6-4-2/h3-39H2,1-2H3. The number of carbonyl (C=O) groups is 1. The minimum absolute atomic E-state index is 0.139. The molecule has 0 aliphatic rings. The maximum absolute atomic E-state index is 11.7. The summed E-state index contributed by atoms with van der Waals surface area (Å²) in [5.41, 5.74) is 0. The third kappa shape index (κ3) is 49.0. The molecule has 13 heteroatoms. The summed E-state index contributed by atoms with van der Waals surface area (Å²) < 4.78 is 65.7. The van der Waals surface area contributed by atoms with Gasteiger partial charge in [-0.15, -0.1) is 0 Å². The molecule has 0 radical (unpaired) electrons. The molecule has 0 saturated heterocycles. The fourth-order valence-corrected chi connectivity index (χ4v) is 4.80. The van der Waals surface area contributed by atoms with Crippen LogP contribution in [0.25, 0.3) is 0 Å². The minimum atomic E-state index is -0.139. The lowest BCUT2D eigenvalue weighted by Crippen LogP contribution is -2.15. The first-order valence-electron chi connectivity index (χ1n) is 20.8. The van der Waals surface area contributed by atoms with E-state index in [2.05, 4.69) is 13.8 Å².